The first kappa shape index (κ1) is 13.6. The summed E-state index contributed by atoms with van der Waals surface area (Å²) in [5.41, 5.74) is 0.945. The summed E-state index contributed by atoms with van der Waals surface area (Å²) in [4.78, 5) is 0.764. The predicted octanol–water partition coefficient (Wildman–Crippen LogP) is 5.55. The summed E-state index contributed by atoms with van der Waals surface area (Å²) in [6, 6.07) is 1.90. The van der Waals surface area contributed by atoms with Gasteiger partial charge in [-0.1, -0.05) is 22.9 Å². The van der Waals surface area contributed by atoms with Crippen LogP contribution in [-0.2, 0) is 0 Å². The Hall–Kier alpha value is 0.520. The molecule has 1 rings (SSSR count). The number of alkyl halides is 3. The normalized spacial score (nSPS) is 16.5. The van der Waals surface area contributed by atoms with Gasteiger partial charge in [-0.3, -0.25) is 0 Å². The first-order chi connectivity index (χ1) is 6.73. The Morgan fingerprint density at radius 1 is 1.47 bits per heavy atom. The van der Waals surface area contributed by atoms with Gasteiger partial charge in [0.1, 0.15) is 0 Å². The van der Waals surface area contributed by atoms with Gasteiger partial charge in [0.05, 0.1) is 3.79 Å². The van der Waals surface area contributed by atoms with Gasteiger partial charge in [-0.25, -0.2) is 8.78 Å². The van der Waals surface area contributed by atoms with Gasteiger partial charge >= 0.3 is 0 Å². The van der Waals surface area contributed by atoms with Crippen molar-refractivity contribution in [1.29, 1.82) is 0 Å². The van der Waals surface area contributed by atoms with Crippen LogP contribution in [0, 0.1) is 12.8 Å². The molecule has 86 valence electrons. The maximum Gasteiger partial charge on any atom is 0.249 e. The molecule has 0 amide bonds. The molecule has 0 radical (unpaired) electrons. The summed E-state index contributed by atoms with van der Waals surface area (Å²) in [7, 11) is 0. The fraction of sp³-hybridized carbons (Fsp3) is 0.600. The van der Waals surface area contributed by atoms with E-state index in [9.17, 15) is 8.78 Å². The minimum atomic E-state index is -2.67. The van der Waals surface area contributed by atoms with Crippen LogP contribution in [-0.4, -0.2) is 5.92 Å². The van der Waals surface area contributed by atoms with Crippen LogP contribution in [0.25, 0.3) is 0 Å². The van der Waals surface area contributed by atoms with Gasteiger partial charge in [0.25, 0.3) is 0 Å². The molecule has 0 N–H and O–H groups in total. The van der Waals surface area contributed by atoms with E-state index in [1.54, 1.807) is 18.3 Å². The minimum absolute atomic E-state index is 0.306. The zero-order chi connectivity index (χ0) is 11.8. The lowest BCUT2D eigenvalue weighted by atomic mass is 9.96. The van der Waals surface area contributed by atoms with Crippen LogP contribution >= 0.6 is 43.2 Å². The first-order valence-corrected chi connectivity index (χ1v) is 7.03. The van der Waals surface area contributed by atoms with E-state index in [-0.39, 0.29) is 4.83 Å². The van der Waals surface area contributed by atoms with Crippen molar-refractivity contribution in [1.82, 2.24) is 0 Å². The zero-order valence-corrected chi connectivity index (χ0v) is 12.6. The summed E-state index contributed by atoms with van der Waals surface area (Å²) >= 11 is 8.29. The van der Waals surface area contributed by atoms with Crippen LogP contribution < -0.4 is 0 Å². The van der Waals surface area contributed by atoms with Crippen LogP contribution in [0.4, 0.5) is 8.78 Å². The molecular weight excluding hydrogens is 350 g/mol. The quantitative estimate of drug-likeness (QED) is 0.619. The second-order valence-electron chi connectivity index (χ2n) is 3.71. The number of thiophene rings is 1. The fourth-order valence-electron chi connectivity index (χ4n) is 1.26. The smallest absolute Gasteiger partial charge is 0.207 e. The van der Waals surface area contributed by atoms with Gasteiger partial charge in [0.2, 0.25) is 5.92 Å². The Morgan fingerprint density at radius 3 is 2.33 bits per heavy atom. The zero-order valence-electron chi connectivity index (χ0n) is 8.65. The minimum Gasteiger partial charge on any atom is -0.207 e. The van der Waals surface area contributed by atoms with E-state index in [2.05, 4.69) is 31.9 Å². The summed E-state index contributed by atoms with van der Waals surface area (Å²) in [6.07, 6.45) is 0. The van der Waals surface area contributed by atoms with E-state index in [0.29, 0.717) is 0 Å². The highest BCUT2D eigenvalue weighted by molar-refractivity contribution is 9.11. The number of hydrogen-bond donors (Lipinski definition) is 0. The highest BCUT2D eigenvalue weighted by Gasteiger charge is 2.36. The van der Waals surface area contributed by atoms with Gasteiger partial charge in [-0.2, -0.15) is 0 Å². The van der Waals surface area contributed by atoms with E-state index < -0.39 is 11.8 Å². The van der Waals surface area contributed by atoms with Gasteiger partial charge in [-0.05, 0) is 41.4 Å². The molecular formula is C10H12Br2F2S. The maximum atomic E-state index is 13.2. The summed E-state index contributed by atoms with van der Waals surface area (Å²) < 4.78 is 27.3. The van der Waals surface area contributed by atoms with Gasteiger partial charge in [0.15, 0.2) is 0 Å². The Labute approximate surface area is 109 Å². The van der Waals surface area contributed by atoms with Gasteiger partial charge in [0, 0.05) is 15.6 Å². The van der Waals surface area contributed by atoms with Crippen molar-refractivity contribution in [2.75, 3.05) is 0 Å². The van der Waals surface area contributed by atoms with E-state index in [1.807, 2.05) is 13.0 Å². The Balaban J connectivity index is 2.94. The van der Waals surface area contributed by atoms with Crippen molar-refractivity contribution in [3.63, 3.8) is 0 Å². The Morgan fingerprint density at radius 2 is 2.00 bits per heavy atom. The molecule has 0 aliphatic heterocycles. The fourth-order valence-corrected chi connectivity index (χ4v) is 4.11. The third kappa shape index (κ3) is 3.24. The van der Waals surface area contributed by atoms with E-state index >= 15 is 0 Å². The Kier molecular flexibility index (Phi) is 4.35. The molecule has 0 bridgehead atoms. The van der Waals surface area contributed by atoms with Crippen molar-refractivity contribution in [2.45, 2.75) is 31.5 Å². The van der Waals surface area contributed by atoms with Crippen LogP contribution in [0.1, 0.15) is 29.1 Å². The topological polar surface area (TPSA) is 0 Å². The molecule has 0 saturated heterocycles. The molecule has 0 saturated carbocycles. The van der Waals surface area contributed by atoms with Crippen LogP contribution in [0.15, 0.2) is 9.85 Å². The molecule has 5 heteroatoms. The molecule has 2 atom stereocenters. The Bertz CT molecular complexity index is 344. The third-order valence-corrected chi connectivity index (χ3v) is 5.32. The van der Waals surface area contributed by atoms with Crippen LogP contribution in [0.2, 0.25) is 0 Å². The first-order valence-electron chi connectivity index (χ1n) is 4.51. The molecule has 0 aromatic carbocycles. The lowest BCUT2D eigenvalue weighted by Crippen LogP contribution is -2.25. The van der Waals surface area contributed by atoms with E-state index in [0.717, 1.165) is 21.2 Å². The number of rotatable bonds is 3. The summed E-state index contributed by atoms with van der Waals surface area (Å²) in [6.45, 7) is 4.46. The molecule has 0 spiro atoms. The molecule has 1 heterocycles. The summed E-state index contributed by atoms with van der Waals surface area (Å²) in [5.74, 6) is -3.40. The van der Waals surface area contributed by atoms with E-state index in [1.165, 1.54) is 0 Å². The maximum absolute atomic E-state index is 13.2. The lowest BCUT2D eigenvalue weighted by molar-refractivity contribution is -0.0324. The lowest BCUT2D eigenvalue weighted by Gasteiger charge is -2.24. The molecule has 0 aliphatic rings. The van der Waals surface area contributed by atoms with Crippen molar-refractivity contribution in [3.8, 4) is 0 Å². The summed E-state index contributed by atoms with van der Waals surface area (Å²) in [5, 5.41) is 0. The van der Waals surface area contributed by atoms with Crippen LogP contribution in [0.3, 0.4) is 0 Å². The van der Waals surface area contributed by atoms with E-state index in [4.69, 9.17) is 0 Å². The molecule has 0 aliphatic carbocycles. The molecule has 1 aromatic heterocycles. The van der Waals surface area contributed by atoms with Gasteiger partial charge in [-0.15, -0.1) is 11.3 Å². The standard InChI is InChI=1S/C10H12Br2F2S/c1-5(10(3,13)14)9(12)7-4-8(11)15-6(7)2/h4-5,9H,1-3H3. The number of hydrogen-bond acceptors (Lipinski definition) is 1. The van der Waals surface area contributed by atoms with Crippen molar-refractivity contribution in [2.24, 2.45) is 5.92 Å². The van der Waals surface area contributed by atoms with Crippen molar-refractivity contribution < 1.29 is 8.78 Å². The third-order valence-electron chi connectivity index (χ3n) is 2.46. The van der Waals surface area contributed by atoms with Crippen molar-refractivity contribution in [3.05, 3.63) is 20.3 Å². The SMILES string of the molecule is Cc1sc(Br)cc1C(Br)C(C)C(C)(F)F. The largest absolute Gasteiger partial charge is 0.249 e. The second kappa shape index (κ2) is 4.80. The molecule has 0 fully saturated rings. The van der Waals surface area contributed by atoms with Crippen molar-refractivity contribution >= 4 is 43.2 Å². The molecule has 2 unspecified atom stereocenters. The average Bonchev–Trinajstić information content (AvgIpc) is 2.41. The molecule has 15 heavy (non-hydrogen) atoms. The molecule has 0 nitrogen and oxygen atoms in total. The number of aryl methyl sites for hydroxylation is 1. The van der Waals surface area contributed by atoms with Crippen LogP contribution in [0.5, 0.6) is 0 Å². The second-order valence-corrected chi connectivity index (χ2v) is 7.33. The monoisotopic (exact) mass is 360 g/mol. The predicted molar refractivity (Wildman–Crippen MR) is 68.2 cm³/mol. The highest BCUT2D eigenvalue weighted by atomic mass is 79.9. The number of halogens is 4. The molecule has 1 aromatic rings. The average molecular weight is 362 g/mol. The van der Waals surface area contributed by atoms with Gasteiger partial charge < -0.3 is 0 Å². The highest BCUT2D eigenvalue weighted by Crippen LogP contribution is 2.43.